The number of benzene rings is 1. The third kappa shape index (κ3) is 3.77. The van der Waals surface area contributed by atoms with Crippen LogP contribution in [-0.4, -0.2) is 35.3 Å². The molecule has 0 unspecified atom stereocenters. The van der Waals surface area contributed by atoms with Gasteiger partial charge < -0.3 is 10.2 Å². The Morgan fingerprint density at radius 3 is 2.70 bits per heavy atom. The van der Waals surface area contributed by atoms with E-state index in [4.69, 9.17) is 0 Å². The van der Waals surface area contributed by atoms with E-state index in [0.717, 1.165) is 14.0 Å². The van der Waals surface area contributed by atoms with Gasteiger partial charge in [0.1, 0.15) is 0 Å². The number of para-hydroxylation sites is 1. The monoisotopic (exact) mass is 409 g/mol. The van der Waals surface area contributed by atoms with Crippen LogP contribution < -0.4 is 5.32 Å². The van der Waals surface area contributed by atoms with Gasteiger partial charge in [0, 0.05) is 7.05 Å². The molecule has 0 fully saturated rings. The fourth-order valence-corrected chi connectivity index (χ4v) is 4.25. The molecule has 3 rings (SSSR count). The molecule has 8 heteroatoms. The lowest BCUT2D eigenvalue weighted by molar-refractivity contribution is -0.116. The van der Waals surface area contributed by atoms with Gasteiger partial charge >= 0.3 is 0 Å². The zero-order valence-electron chi connectivity index (χ0n) is 12.1. The third-order valence-electron chi connectivity index (χ3n) is 3.05. The molecule has 1 N–H and O–H groups in total. The molecular weight excluding hydrogens is 398 g/mol. The molecule has 0 aliphatic heterocycles. The van der Waals surface area contributed by atoms with E-state index in [1.165, 1.54) is 27.6 Å². The second-order valence-electron chi connectivity index (χ2n) is 4.80. The lowest BCUT2D eigenvalue weighted by Crippen LogP contribution is -2.34. The highest BCUT2D eigenvalue weighted by Crippen LogP contribution is 2.25. The number of carbonyl (C=O) groups is 2. The van der Waals surface area contributed by atoms with E-state index in [1.54, 1.807) is 13.1 Å². The van der Waals surface area contributed by atoms with Gasteiger partial charge in [0.15, 0.2) is 5.13 Å². The molecular formula is C15H12BrN3O2S2. The second kappa shape index (κ2) is 6.77. The molecule has 1 aromatic carbocycles. The van der Waals surface area contributed by atoms with Crippen LogP contribution in [0.2, 0.25) is 0 Å². The zero-order valence-corrected chi connectivity index (χ0v) is 15.3. The van der Waals surface area contributed by atoms with Gasteiger partial charge in [-0.2, -0.15) is 0 Å². The number of aromatic nitrogens is 1. The van der Waals surface area contributed by atoms with Gasteiger partial charge in [-0.25, -0.2) is 4.98 Å². The molecule has 3 aromatic rings. The van der Waals surface area contributed by atoms with Crippen LogP contribution in [0, 0.1) is 0 Å². The summed E-state index contributed by atoms with van der Waals surface area (Å²) in [6, 6.07) is 11.2. The van der Waals surface area contributed by atoms with Gasteiger partial charge in [-0.1, -0.05) is 23.5 Å². The number of likely N-dealkylation sites (N-methyl/N-ethyl adjacent to an activating group) is 1. The number of fused-ring (bicyclic) bond motifs is 1. The van der Waals surface area contributed by atoms with Crippen molar-refractivity contribution in [3.63, 3.8) is 0 Å². The van der Waals surface area contributed by atoms with Gasteiger partial charge in [0.25, 0.3) is 5.91 Å². The van der Waals surface area contributed by atoms with Crippen LogP contribution in [0.1, 0.15) is 9.67 Å². The molecule has 0 aliphatic rings. The molecule has 2 heterocycles. The Morgan fingerprint density at radius 2 is 2.00 bits per heavy atom. The Morgan fingerprint density at radius 1 is 1.22 bits per heavy atom. The van der Waals surface area contributed by atoms with E-state index < -0.39 is 0 Å². The summed E-state index contributed by atoms with van der Waals surface area (Å²) >= 11 is 6.07. The summed E-state index contributed by atoms with van der Waals surface area (Å²) in [6.07, 6.45) is 0. The summed E-state index contributed by atoms with van der Waals surface area (Å²) in [4.78, 5) is 30.6. The van der Waals surface area contributed by atoms with Crippen LogP contribution in [0.3, 0.4) is 0 Å². The molecule has 5 nitrogen and oxygen atoms in total. The molecule has 0 saturated heterocycles. The molecule has 0 bridgehead atoms. The van der Waals surface area contributed by atoms with E-state index in [9.17, 15) is 9.59 Å². The number of hydrogen-bond acceptors (Lipinski definition) is 5. The first-order chi connectivity index (χ1) is 11.0. The Bertz CT molecular complexity index is 841. The molecule has 2 amide bonds. The summed E-state index contributed by atoms with van der Waals surface area (Å²) in [5.41, 5.74) is 0.848. The van der Waals surface area contributed by atoms with Crippen molar-refractivity contribution in [3.8, 4) is 0 Å². The van der Waals surface area contributed by atoms with Crippen molar-refractivity contribution in [3.05, 3.63) is 45.1 Å². The smallest absolute Gasteiger partial charge is 0.264 e. The molecule has 0 atom stereocenters. The van der Waals surface area contributed by atoms with Crippen LogP contribution in [-0.2, 0) is 4.79 Å². The fourth-order valence-electron chi connectivity index (χ4n) is 1.99. The Hall–Kier alpha value is -1.77. The van der Waals surface area contributed by atoms with Crippen molar-refractivity contribution in [1.29, 1.82) is 0 Å². The minimum atomic E-state index is -0.268. The molecule has 118 valence electrons. The highest BCUT2D eigenvalue weighted by molar-refractivity contribution is 9.11. The number of hydrogen-bond donors (Lipinski definition) is 1. The van der Waals surface area contributed by atoms with E-state index >= 15 is 0 Å². The van der Waals surface area contributed by atoms with Crippen LogP contribution in [0.15, 0.2) is 40.2 Å². The van der Waals surface area contributed by atoms with Gasteiger partial charge in [0.2, 0.25) is 5.91 Å². The Kier molecular flexibility index (Phi) is 4.74. The number of nitrogens with zero attached hydrogens (tertiary/aromatic N) is 2. The zero-order chi connectivity index (χ0) is 16.4. The summed E-state index contributed by atoms with van der Waals surface area (Å²) in [7, 11) is 1.61. The third-order valence-corrected chi connectivity index (χ3v) is 5.62. The average molecular weight is 410 g/mol. The minimum absolute atomic E-state index is 0.0235. The molecule has 0 aliphatic carbocycles. The molecule has 0 spiro atoms. The van der Waals surface area contributed by atoms with Crippen LogP contribution in [0.4, 0.5) is 5.13 Å². The van der Waals surface area contributed by atoms with Gasteiger partial charge in [-0.05, 0) is 40.2 Å². The van der Waals surface area contributed by atoms with Crippen molar-refractivity contribution in [1.82, 2.24) is 9.88 Å². The number of amides is 2. The minimum Gasteiger partial charge on any atom is -0.332 e. The highest BCUT2D eigenvalue weighted by Gasteiger charge is 2.17. The summed E-state index contributed by atoms with van der Waals surface area (Å²) in [5, 5.41) is 3.28. The van der Waals surface area contributed by atoms with Gasteiger partial charge in [0.05, 0.1) is 25.4 Å². The molecule has 0 radical (unpaired) electrons. The van der Waals surface area contributed by atoms with Crippen molar-refractivity contribution < 1.29 is 9.59 Å². The van der Waals surface area contributed by atoms with Gasteiger partial charge in [-0.3, -0.25) is 9.59 Å². The van der Waals surface area contributed by atoms with E-state index in [2.05, 4.69) is 26.2 Å². The Labute approximate surface area is 149 Å². The van der Waals surface area contributed by atoms with Crippen LogP contribution >= 0.6 is 38.6 Å². The number of rotatable bonds is 4. The van der Waals surface area contributed by atoms with Crippen LogP contribution in [0.25, 0.3) is 10.2 Å². The number of anilines is 1. The second-order valence-corrected chi connectivity index (χ2v) is 8.29. The number of carbonyl (C=O) groups excluding carboxylic acids is 2. The number of halogens is 1. The first-order valence-electron chi connectivity index (χ1n) is 6.69. The summed E-state index contributed by atoms with van der Waals surface area (Å²) in [6.45, 7) is -0.0235. The number of thiophene rings is 1. The summed E-state index contributed by atoms with van der Waals surface area (Å²) < 4.78 is 1.89. The number of thiazole rings is 1. The van der Waals surface area contributed by atoms with Gasteiger partial charge in [-0.15, -0.1) is 11.3 Å². The predicted octanol–water partition coefficient (Wildman–Crippen LogP) is 3.83. The predicted molar refractivity (Wildman–Crippen MR) is 97.2 cm³/mol. The van der Waals surface area contributed by atoms with Crippen molar-refractivity contribution in [2.75, 3.05) is 18.9 Å². The molecule has 2 aromatic heterocycles. The largest absolute Gasteiger partial charge is 0.332 e. The fraction of sp³-hybridized carbons (Fsp3) is 0.133. The van der Waals surface area contributed by atoms with Crippen molar-refractivity contribution >= 4 is 65.8 Å². The quantitative estimate of drug-likeness (QED) is 0.711. The topological polar surface area (TPSA) is 62.3 Å². The lowest BCUT2D eigenvalue weighted by atomic mass is 10.3. The normalized spacial score (nSPS) is 10.7. The van der Waals surface area contributed by atoms with E-state index in [0.29, 0.717) is 10.0 Å². The van der Waals surface area contributed by atoms with Crippen molar-refractivity contribution in [2.45, 2.75) is 0 Å². The lowest BCUT2D eigenvalue weighted by Gasteiger charge is -2.15. The maximum atomic E-state index is 12.2. The first kappa shape index (κ1) is 16.1. The van der Waals surface area contributed by atoms with E-state index in [1.807, 2.05) is 30.3 Å². The highest BCUT2D eigenvalue weighted by atomic mass is 79.9. The average Bonchev–Trinajstić information content (AvgIpc) is 3.11. The maximum absolute atomic E-state index is 12.2. The molecule has 23 heavy (non-hydrogen) atoms. The maximum Gasteiger partial charge on any atom is 0.264 e. The standard InChI is InChI=1S/C15H12BrN3O2S2/c1-19(14(21)11-6-7-12(16)22-11)8-13(20)18-15-17-9-4-2-3-5-10(9)23-15/h2-7H,8H2,1H3,(H,17,18,20). The van der Waals surface area contributed by atoms with E-state index in [-0.39, 0.29) is 18.4 Å². The van der Waals surface area contributed by atoms with Crippen molar-refractivity contribution in [2.24, 2.45) is 0 Å². The van der Waals surface area contributed by atoms with Crippen LogP contribution in [0.5, 0.6) is 0 Å². The SMILES string of the molecule is CN(CC(=O)Nc1nc2ccccc2s1)C(=O)c1ccc(Br)s1. The molecule has 0 saturated carbocycles. The number of nitrogens with one attached hydrogen (secondary N) is 1. The summed E-state index contributed by atoms with van der Waals surface area (Å²) in [5.74, 6) is -0.448. The Balaban J connectivity index is 1.63. The first-order valence-corrected chi connectivity index (χ1v) is 9.12.